The van der Waals surface area contributed by atoms with Gasteiger partial charge in [-0.05, 0) is 80.9 Å². The van der Waals surface area contributed by atoms with Crippen LogP contribution in [0, 0.1) is 6.92 Å². The largest absolute Gasteiger partial charge is 0.508 e. The van der Waals surface area contributed by atoms with Gasteiger partial charge in [0.25, 0.3) is 0 Å². The van der Waals surface area contributed by atoms with E-state index in [0.29, 0.717) is 24.0 Å². The highest BCUT2D eigenvalue weighted by atomic mass is 16.4. The molecule has 0 aliphatic rings. The second kappa shape index (κ2) is 21.2. The van der Waals surface area contributed by atoms with E-state index in [9.17, 15) is 29.4 Å². The van der Waals surface area contributed by atoms with E-state index in [2.05, 4.69) is 33.2 Å². The van der Waals surface area contributed by atoms with Crippen molar-refractivity contribution >= 4 is 29.7 Å². The molecule has 0 aliphatic heterocycles. The van der Waals surface area contributed by atoms with Crippen LogP contribution in [0.4, 0.5) is 0 Å². The van der Waals surface area contributed by atoms with Crippen LogP contribution in [0.3, 0.4) is 0 Å². The molecule has 0 radical (unpaired) electrons. The van der Waals surface area contributed by atoms with Gasteiger partial charge in [-0.15, -0.1) is 0 Å². The fourth-order valence-electron chi connectivity index (χ4n) is 5.03. The number of nitrogens with one attached hydrogen (secondary N) is 4. The molecule has 0 aromatic heterocycles. The number of aryl methyl sites for hydroxylation is 1. The highest BCUT2D eigenvalue weighted by molar-refractivity contribution is 5.94. The number of phenolic OH excluding ortho intramolecular Hbond substituents is 1. The number of benzene rings is 2. The molecule has 0 aliphatic carbocycles. The van der Waals surface area contributed by atoms with Crippen molar-refractivity contribution in [2.24, 2.45) is 22.2 Å². The van der Waals surface area contributed by atoms with Gasteiger partial charge in [0.05, 0.1) is 6.04 Å². The van der Waals surface area contributed by atoms with Crippen LogP contribution in [-0.4, -0.2) is 83.7 Å². The molecule has 0 heterocycles. The summed E-state index contributed by atoms with van der Waals surface area (Å²) in [7, 11) is 0. The van der Waals surface area contributed by atoms with Gasteiger partial charge in [0.2, 0.25) is 17.7 Å². The first-order valence-electron chi connectivity index (χ1n) is 16.4. The van der Waals surface area contributed by atoms with Gasteiger partial charge >= 0.3 is 5.97 Å². The summed E-state index contributed by atoms with van der Waals surface area (Å²) in [4.78, 5) is 56.5. The number of carbonyl (C=O) groups excluding carboxylic acids is 3. The minimum Gasteiger partial charge on any atom is -0.508 e. The number of carboxylic acid groups (broad SMARTS) is 1. The Kier molecular flexibility index (Phi) is 17.5. The van der Waals surface area contributed by atoms with Crippen LogP contribution < -0.4 is 38.5 Å². The first-order valence-corrected chi connectivity index (χ1v) is 16.4. The zero-order chi connectivity index (χ0) is 35.5. The standard InChI is InChI=1S/C34H52N8O6/c1-3-16-38-17-8-7-12-26(35)30(44)41-28(20-23-10-5-4-6-11-23)32(46)40-27(13-9-18-39-34(36)37)31(45)42-29(33(47)48)21-24-14-15-25(43)19-22(24)2/h4-6,10-11,14-15,19,26-29,38,43H,3,7-9,12-13,16-18,20-21,35H2,1-2H3,(H,40,46)(H,41,44)(H,42,45)(H,47,48)(H4,36,37,39). The number of hydrogen-bond donors (Lipinski definition) is 9. The normalized spacial score (nSPS) is 13.4. The zero-order valence-electron chi connectivity index (χ0n) is 27.9. The van der Waals surface area contributed by atoms with Crippen LogP contribution in [0.2, 0.25) is 0 Å². The van der Waals surface area contributed by atoms with Crippen LogP contribution in [0.25, 0.3) is 0 Å². The zero-order valence-corrected chi connectivity index (χ0v) is 27.9. The SMILES string of the molecule is CCCNCCCCC(N)C(=O)NC(Cc1ccccc1)C(=O)NC(CCCN=C(N)N)C(=O)NC(Cc1ccc(O)cc1C)C(=O)O. The monoisotopic (exact) mass is 668 g/mol. The number of nitrogens with zero attached hydrogens (tertiary/aromatic N) is 1. The number of aliphatic carboxylic acids is 1. The summed E-state index contributed by atoms with van der Waals surface area (Å²) >= 11 is 0. The number of hydrogen-bond acceptors (Lipinski definition) is 8. The van der Waals surface area contributed by atoms with Gasteiger partial charge in [-0.25, -0.2) is 4.79 Å². The van der Waals surface area contributed by atoms with E-state index in [-0.39, 0.29) is 37.5 Å². The number of guanidine groups is 1. The second-order valence-electron chi connectivity index (χ2n) is 11.8. The Morgan fingerprint density at radius 1 is 0.812 bits per heavy atom. The maximum Gasteiger partial charge on any atom is 0.326 e. The fourth-order valence-corrected chi connectivity index (χ4v) is 5.03. The lowest BCUT2D eigenvalue weighted by Crippen LogP contribution is -2.57. The van der Waals surface area contributed by atoms with Crippen molar-refractivity contribution < 1.29 is 29.4 Å². The third-order valence-corrected chi connectivity index (χ3v) is 7.74. The average Bonchev–Trinajstić information content (AvgIpc) is 3.04. The van der Waals surface area contributed by atoms with Crippen molar-refractivity contribution in [2.45, 2.75) is 89.4 Å². The summed E-state index contributed by atoms with van der Waals surface area (Å²) in [6.07, 6.45) is 3.50. The molecule has 0 fully saturated rings. The maximum absolute atomic E-state index is 13.7. The lowest BCUT2D eigenvalue weighted by molar-refractivity contribution is -0.142. The fraction of sp³-hybridized carbons (Fsp3) is 0.500. The minimum absolute atomic E-state index is 0.0357. The predicted octanol–water partition coefficient (Wildman–Crippen LogP) is 0.576. The highest BCUT2D eigenvalue weighted by Gasteiger charge is 2.30. The molecule has 0 bridgehead atoms. The average molecular weight is 669 g/mol. The van der Waals surface area contributed by atoms with E-state index in [1.807, 2.05) is 30.3 Å². The summed E-state index contributed by atoms with van der Waals surface area (Å²) in [5, 5.41) is 31.0. The minimum atomic E-state index is -1.33. The molecule has 14 heteroatoms. The number of nitrogens with two attached hydrogens (primary N) is 3. The molecule has 12 N–H and O–H groups in total. The van der Waals surface area contributed by atoms with E-state index in [1.165, 1.54) is 12.1 Å². The van der Waals surface area contributed by atoms with E-state index in [4.69, 9.17) is 17.2 Å². The van der Waals surface area contributed by atoms with Gasteiger partial charge in [-0.2, -0.15) is 0 Å². The predicted molar refractivity (Wildman–Crippen MR) is 185 cm³/mol. The summed E-state index contributed by atoms with van der Waals surface area (Å²) in [6.45, 7) is 5.73. The quantitative estimate of drug-likeness (QED) is 0.0480. The molecule has 0 spiro atoms. The Bertz CT molecular complexity index is 1350. The second-order valence-corrected chi connectivity index (χ2v) is 11.8. The molecule has 0 saturated carbocycles. The Balaban J connectivity index is 2.22. The molecule has 3 amide bonds. The maximum atomic E-state index is 13.7. The Hall–Kier alpha value is -4.69. The van der Waals surface area contributed by atoms with Crippen molar-refractivity contribution in [3.05, 3.63) is 65.2 Å². The molecule has 4 atom stereocenters. The number of rotatable bonds is 22. The summed E-state index contributed by atoms with van der Waals surface area (Å²) < 4.78 is 0. The number of phenols is 1. The van der Waals surface area contributed by atoms with E-state index in [0.717, 1.165) is 37.9 Å². The molecule has 14 nitrogen and oxygen atoms in total. The first-order chi connectivity index (χ1) is 22.9. The van der Waals surface area contributed by atoms with Gasteiger partial charge in [0.15, 0.2) is 5.96 Å². The highest BCUT2D eigenvalue weighted by Crippen LogP contribution is 2.17. The molecule has 4 unspecified atom stereocenters. The number of amides is 3. The van der Waals surface area contributed by atoms with Crippen molar-refractivity contribution in [2.75, 3.05) is 19.6 Å². The Labute approximate surface area is 282 Å². The number of carbonyl (C=O) groups is 4. The third-order valence-electron chi connectivity index (χ3n) is 7.74. The van der Waals surface area contributed by atoms with Crippen LogP contribution >= 0.6 is 0 Å². The van der Waals surface area contributed by atoms with Crippen LogP contribution in [0.5, 0.6) is 5.75 Å². The Morgan fingerprint density at radius 2 is 1.48 bits per heavy atom. The topological polar surface area (TPSA) is 247 Å². The number of aromatic hydroxyl groups is 1. The van der Waals surface area contributed by atoms with Crippen LogP contribution in [0.15, 0.2) is 53.5 Å². The molecule has 2 rings (SSSR count). The third kappa shape index (κ3) is 14.8. The van der Waals surface area contributed by atoms with E-state index in [1.54, 1.807) is 13.0 Å². The number of aliphatic imine (C=N–C) groups is 1. The van der Waals surface area contributed by atoms with Crippen molar-refractivity contribution in [1.29, 1.82) is 0 Å². The molecule has 2 aromatic rings. The number of carboxylic acids is 1. The smallest absolute Gasteiger partial charge is 0.326 e. The molecular formula is C34H52N8O6. The van der Waals surface area contributed by atoms with E-state index >= 15 is 0 Å². The summed E-state index contributed by atoms with van der Waals surface area (Å²) in [5.41, 5.74) is 19.1. The molecule has 48 heavy (non-hydrogen) atoms. The molecule has 0 saturated heterocycles. The van der Waals surface area contributed by atoms with Gasteiger partial charge in [0.1, 0.15) is 23.9 Å². The van der Waals surface area contributed by atoms with Crippen molar-refractivity contribution in [3.63, 3.8) is 0 Å². The number of unbranched alkanes of at least 4 members (excludes halogenated alkanes) is 1. The van der Waals surface area contributed by atoms with Gasteiger partial charge < -0.3 is 48.7 Å². The summed E-state index contributed by atoms with van der Waals surface area (Å²) in [5.74, 6) is -3.22. The van der Waals surface area contributed by atoms with Gasteiger partial charge in [-0.3, -0.25) is 19.4 Å². The van der Waals surface area contributed by atoms with Crippen molar-refractivity contribution in [1.82, 2.24) is 21.3 Å². The van der Waals surface area contributed by atoms with Gasteiger partial charge in [-0.1, -0.05) is 49.7 Å². The van der Waals surface area contributed by atoms with Crippen LogP contribution in [0.1, 0.15) is 62.1 Å². The van der Waals surface area contributed by atoms with Crippen molar-refractivity contribution in [3.8, 4) is 5.75 Å². The first kappa shape index (κ1) is 39.5. The van der Waals surface area contributed by atoms with Gasteiger partial charge in [0, 0.05) is 19.4 Å². The van der Waals surface area contributed by atoms with Crippen LogP contribution in [-0.2, 0) is 32.0 Å². The molecule has 2 aromatic carbocycles. The summed E-state index contributed by atoms with van der Waals surface area (Å²) in [6, 6.07) is 9.22. The molecule has 264 valence electrons. The lowest BCUT2D eigenvalue weighted by atomic mass is 10.00. The molecular weight excluding hydrogens is 616 g/mol. The lowest BCUT2D eigenvalue weighted by Gasteiger charge is -2.25. The van der Waals surface area contributed by atoms with E-state index < -0.39 is 47.9 Å². The Morgan fingerprint density at radius 3 is 2.12 bits per heavy atom.